The monoisotopic (exact) mass is 385 g/mol. The smallest absolute Gasteiger partial charge is 0.232 e. The Morgan fingerprint density at radius 3 is 2.59 bits per heavy atom. The van der Waals surface area contributed by atoms with E-state index in [1.54, 1.807) is 12.1 Å². The molecule has 0 aromatic heterocycles. The fourth-order valence-electron chi connectivity index (χ4n) is 1.20. The van der Waals surface area contributed by atoms with Crippen LogP contribution in [0.25, 0.3) is 0 Å². The van der Waals surface area contributed by atoms with Crippen molar-refractivity contribution in [3.63, 3.8) is 0 Å². The number of halogens is 2. The van der Waals surface area contributed by atoms with Crippen LogP contribution in [0.5, 0.6) is 0 Å². The van der Waals surface area contributed by atoms with Crippen LogP contribution in [0.3, 0.4) is 0 Å². The number of aliphatic hydroxyl groups is 1. The molecule has 0 spiro atoms. The molecule has 0 aliphatic carbocycles. The molecule has 0 unspecified atom stereocenters. The largest absolute Gasteiger partial charge is 0.396 e. The van der Waals surface area contributed by atoms with Crippen LogP contribution in [0.15, 0.2) is 27.1 Å². The van der Waals surface area contributed by atoms with E-state index in [1.807, 2.05) is 6.07 Å². The number of unbranched alkanes of at least 4 members (excludes halogenated alkanes) is 1. The van der Waals surface area contributed by atoms with Crippen LogP contribution < -0.4 is 4.72 Å². The van der Waals surface area contributed by atoms with Gasteiger partial charge in [0.15, 0.2) is 0 Å². The van der Waals surface area contributed by atoms with Crippen molar-refractivity contribution in [1.29, 1.82) is 0 Å². The normalized spacial score (nSPS) is 11.5. The predicted octanol–water partition coefficient (Wildman–Crippen LogP) is 2.73. The van der Waals surface area contributed by atoms with Gasteiger partial charge >= 0.3 is 0 Å². The van der Waals surface area contributed by atoms with Crippen LogP contribution in [0, 0.1) is 0 Å². The predicted molar refractivity (Wildman–Crippen MR) is 75.6 cm³/mol. The highest BCUT2D eigenvalue weighted by Crippen LogP contribution is 2.27. The van der Waals surface area contributed by atoms with E-state index < -0.39 is 10.0 Å². The molecular formula is C10H13Br2NO3S. The third kappa shape index (κ3) is 5.37. The number of rotatable bonds is 6. The summed E-state index contributed by atoms with van der Waals surface area (Å²) in [5.41, 5.74) is 0.503. The molecule has 0 fully saturated rings. The Hall–Kier alpha value is -0.110. The van der Waals surface area contributed by atoms with Crippen molar-refractivity contribution in [3.05, 3.63) is 27.1 Å². The fraction of sp³-hybridized carbons (Fsp3) is 0.400. The van der Waals surface area contributed by atoms with Gasteiger partial charge in [-0.3, -0.25) is 4.72 Å². The van der Waals surface area contributed by atoms with E-state index >= 15 is 0 Å². The van der Waals surface area contributed by atoms with Crippen LogP contribution >= 0.6 is 31.9 Å². The van der Waals surface area contributed by atoms with Crippen LogP contribution in [-0.4, -0.2) is 25.9 Å². The Labute approximate surface area is 118 Å². The molecule has 17 heavy (non-hydrogen) atoms. The Kier molecular flexibility index (Phi) is 5.91. The average molecular weight is 387 g/mol. The minimum atomic E-state index is -3.36. The molecule has 0 heterocycles. The van der Waals surface area contributed by atoms with Crippen molar-refractivity contribution >= 4 is 47.6 Å². The Morgan fingerprint density at radius 1 is 1.24 bits per heavy atom. The number of nitrogens with one attached hydrogen (secondary N) is 1. The van der Waals surface area contributed by atoms with Crippen LogP contribution in [-0.2, 0) is 10.0 Å². The first-order chi connectivity index (χ1) is 7.94. The molecule has 0 bridgehead atoms. The molecular weight excluding hydrogens is 374 g/mol. The number of anilines is 1. The fourth-order valence-corrected chi connectivity index (χ4v) is 3.23. The van der Waals surface area contributed by atoms with E-state index in [0.717, 1.165) is 4.47 Å². The summed E-state index contributed by atoms with van der Waals surface area (Å²) in [7, 11) is -3.36. The SMILES string of the molecule is O=S(=O)(CCCCO)Nc1cc(Br)ccc1Br. The Balaban J connectivity index is 2.72. The molecule has 7 heteroatoms. The van der Waals surface area contributed by atoms with Gasteiger partial charge in [0.1, 0.15) is 0 Å². The maximum atomic E-state index is 11.7. The van der Waals surface area contributed by atoms with Gasteiger partial charge in [-0.15, -0.1) is 0 Å². The third-order valence-corrected chi connectivity index (χ3v) is 4.56. The summed E-state index contributed by atoms with van der Waals surface area (Å²) in [5.74, 6) is 0.00646. The highest BCUT2D eigenvalue weighted by atomic mass is 79.9. The van der Waals surface area contributed by atoms with Gasteiger partial charge in [-0.05, 0) is 47.0 Å². The highest BCUT2D eigenvalue weighted by Gasteiger charge is 2.12. The third-order valence-electron chi connectivity index (χ3n) is 2.02. The second kappa shape index (κ2) is 6.72. The lowest BCUT2D eigenvalue weighted by molar-refractivity contribution is 0.287. The lowest BCUT2D eigenvalue weighted by atomic mass is 10.3. The molecule has 0 saturated heterocycles. The van der Waals surface area contributed by atoms with Gasteiger partial charge in [-0.25, -0.2) is 8.42 Å². The molecule has 4 nitrogen and oxygen atoms in total. The summed E-state index contributed by atoms with van der Waals surface area (Å²) in [5, 5.41) is 8.60. The topological polar surface area (TPSA) is 66.4 Å². The van der Waals surface area contributed by atoms with Crippen LogP contribution in [0.1, 0.15) is 12.8 Å². The van der Waals surface area contributed by atoms with Crippen molar-refractivity contribution in [2.24, 2.45) is 0 Å². The van der Waals surface area contributed by atoms with Crippen molar-refractivity contribution in [2.45, 2.75) is 12.8 Å². The van der Waals surface area contributed by atoms with Gasteiger partial charge in [0.25, 0.3) is 0 Å². The number of benzene rings is 1. The second-order valence-electron chi connectivity index (χ2n) is 3.48. The first-order valence-corrected chi connectivity index (χ1v) is 8.25. The lowest BCUT2D eigenvalue weighted by Gasteiger charge is -2.09. The van der Waals surface area contributed by atoms with Gasteiger partial charge < -0.3 is 5.11 Å². The number of aliphatic hydroxyl groups excluding tert-OH is 1. The molecule has 1 aromatic carbocycles. The maximum absolute atomic E-state index is 11.7. The van der Waals surface area contributed by atoms with Crippen LogP contribution in [0.4, 0.5) is 5.69 Å². The number of hydrogen-bond donors (Lipinski definition) is 2. The molecule has 0 aliphatic heterocycles. The van der Waals surface area contributed by atoms with E-state index in [-0.39, 0.29) is 12.4 Å². The minimum Gasteiger partial charge on any atom is -0.396 e. The molecule has 0 saturated carbocycles. The van der Waals surface area contributed by atoms with Gasteiger partial charge in [0, 0.05) is 15.6 Å². The minimum absolute atomic E-state index is 0.00646. The molecule has 1 aromatic rings. The first-order valence-electron chi connectivity index (χ1n) is 5.01. The summed E-state index contributed by atoms with van der Waals surface area (Å²) >= 11 is 6.56. The van der Waals surface area contributed by atoms with Crippen molar-refractivity contribution in [1.82, 2.24) is 0 Å². The van der Waals surface area contributed by atoms with E-state index in [4.69, 9.17) is 5.11 Å². The van der Waals surface area contributed by atoms with Gasteiger partial charge in [0.05, 0.1) is 11.4 Å². The summed E-state index contributed by atoms with van der Waals surface area (Å²) in [6.07, 6.45) is 0.929. The zero-order valence-corrected chi connectivity index (χ0v) is 13.0. The van der Waals surface area contributed by atoms with Crippen molar-refractivity contribution in [3.8, 4) is 0 Å². The molecule has 0 radical (unpaired) electrons. The Bertz CT molecular complexity index is 476. The Morgan fingerprint density at radius 2 is 1.94 bits per heavy atom. The summed E-state index contributed by atoms with van der Waals surface area (Å²) in [6.45, 7) is 0.0100. The van der Waals surface area contributed by atoms with Gasteiger partial charge in [-0.2, -0.15) is 0 Å². The maximum Gasteiger partial charge on any atom is 0.232 e. The standard InChI is InChI=1S/C10H13Br2NO3S/c11-8-3-4-9(12)10(7-8)13-17(15,16)6-2-1-5-14/h3-4,7,13-14H,1-2,5-6H2. The second-order valence-corrected chi connectivity index (χ2v) is 7.09. The molecule has 1 rings (SSSR count). The zero-order chi connectivity index (χ0) is 12.9. The summed E-state index contributed by atoms with van der Waals surface area (Å²) in [4.78, 5) is 0. The molecule has 0 aliphatic rings. The summed E-state index contributed by atoms with van der Waals surface area (Å²) in [6, 6.07) is 5.26. The van der Waals surface area contributed by atoms with E-state index in [2.05, 4.69) is 36.6 Å². The molecule has 0 amide bonds. The summed E-state index contributed by atoms with van der Waals surface area (Å²) < 4.78 is 27.4. The average Bonchev–Trinajstić information content (AvgIpc) is 2.23. The number of hydrogen-bond acceptors (Lipinski definition) is 3. The first kappa shape index (κ1) is 14.9. The molecule has 2 N–H and O–H groups in total. The highest BCUT2D eigenvalue weighted by molar-refractivity contribution is 9.11. The molecule has 0 atom stereocenters. The zero-order valence-electron chi connectivity index (χ0n) is 8.99. The van der Waals surface area contributed by atoms with Crippen molar-refractivity contribution in [2.75, 3.05) is 17.1 Å². The van der Waals surface area contributed by atoms with E-state index in [9.17, 15) is 8.42 Å². The van der Waals surface area contributed by atoms with Crippen LogP contribution in [0.2, 0.25) is 0 Å². The van der Waals surface area contributed by atoms with Gasteiger partial charge in [0.2, 0.25) is 10.0 Å². The van der Waals surface area contributed by atoms with E-state index in [1.165, 1.54) is 0 Å². The van der Waals surface area contributed by atoms with Crippen molar-refractivity contribution < 1.29 is 13.5 Å². The van der Waals surface area contributed by atoms with E-state index in [0.29, 0.717) is 23.0 Å². The number of sulfonamides is 1. The lowest BCUT2D eigenvalue weighted by Crippen LogP contribution is -2.17. The molecule has 96 valence electrons. The van der Waals surface area contributed by atoms with Gasteiger partial charge in [-0.1, -0.05) is 15.9 Å². The quantitative estimate of drug-likeness (QED) is 0.738.